The quantitative estimate of drug-likeness (QED) is 0.900. The van der Waals surface area contributed by atoms with E-state index in [0.29, 0.717) is 5.92 Å². The summed E-state index contributed by atoms with van der Waals surface area (Å²) >= 11 is 0. The second-order valence-corrected chi connectivity index (χ2v) is 6.33. The van der Waals surface area contributed by atoms with E-state index < -0.39 is 0 Å². The Hall–Kier alpha value is -0.860. The lowest BCUT2D eigenvalue weighted by Crippen LogP contribution is -2.53. The first-order chi connectivity index (χ1) is 9.19. The van der Waals surface area contributed by atoms with Gasteiger partial charge in [0, 0.05) is 12.1 Å². The summed E-state index contributed by atoms with van der Waals surface area (Å²) in [4.78, 5) is 0. The fourth-order valence-corrected chi connectivity index (χ4v) is 3.86. The van der Waals surface area contributed by atoms with Crippen LogP contribution < -0.4 is 5.73 Å². The summed E-state index contributed by atoms with van der Waals surface area (Å²) in [7, 11) is 0. The van der Waals surface area contributed by atoms with Crippen molar-refractivity contribution in [2.75, 3.05) is 6.61 Å². The van der Waals surface area contributed by atoms with Crippen LogP contribution in [-0.4, -0.2) is 12.2 Å². The molecule has 0 aromatic heterocycles. The van der Waals surface area contributed by atoms with Crippen LogP contribution in [0.5, 0.6) is 0 Å². The Morgan fingerprint density at radius 3 is 2.63 bits per heavy atom. The second-order valence-electron chi connectivity index (χ2n) is 6.33. The molecule has 1 saturated carbocycles. The van der Waals surface area contributed by atoms with Crippen LogP contribution in [0.3, 0.4) is 0 Å². The van der Waals surface area contributed by atoms with Gasteiger partial charge in [0.2, 0.25) is 0 Å². The second kappa shape index (κ2) is 4.92. The van der Waals surface area contributed by atoms with Crippen LogP contribution in [0.2, 0.25) is 0 Å². The maximum atomic E-state index is 6.84. The molecule has 2 atom stereocenters. The zero-order valence-corrected chi connectivity index (χ0v) is 11.9. The van der Waals surface area contributed by atoms with E-state index in [9.17, 15) is 0 Å². The molecule has 3 rings (SSSR count). The van der Waals surface area contributed by atoms with Crippen LogP contribution in [-0.2, 0) is 10.3 Å². The highest BCUT2D eigenvalue weighted by Crippen LogP contribution is 2.48. The van der Waals surface area contributed by atoms with Crippen molar-refractivity contribution in [2.45, 2.75) is 56.6 Å². The Balaban J connectivity index is 1.85. The van der Waals surface area contributed by atoms with Gasteiger partial charge in [0.05, 0.1) is 5.60 Å². The minimum Gasteiger partial charge on any atom is -0.375 e. The van der Waals surface area contributed by atoms with E-state index in [1.54, 1.807) is 0 Å². The van der Waals surface area contributed by atoms with Crippen LogP contribution in [0.15, 0.2) is 30.3 Å². The Morgan fingerprint density at radius 1 is 1.32 bits per heavy atom. The van der Waals surface area contributed by atoms with E-state index in [1.807, 2.05) is 0 Å². The lowest BCUT2D eigenvalue weighted by Gasteiger charge is -2.51. The molecule has 2 N–H and O–H groups in total. The molecule has 0 radical (unpaired) electrons. The van der Waals surface area contributed by atoms with E-state index in [2.05, 4.69) is 37.3 Å². The Bertz CT molecular complexity index is 426. The number of ether oxygens (including phenoxy) is 1. The molecule has 1 saturated heterocycles. The first-order valence-corrected chi connectivity index (χ1v) is 7.67. The summed E-state index contributed by atoms with van der Waals surface area (Å²) in [5.74, 6) is 0.550. The molecule has 1 aliphatic carbocycles. The maximum absolute atomic E-state index is 6.84. The van der Waals surface area contributed by atoms with Crippen LogP contribution in [0.4, 0.5) is 0 Å². The van der Waals surface area contributed by atoms with Crippen LogP contribution in [0, 0.1) is 5.92 Å². The summed E-state index contributed by atoms with van der Waals surface area (Å²) in [6.45, 7) is 3.10. The summed E-state index contributed by atoms with van der Waals surface area (Å²) in [6.07, 6.45) is 7.03. The highest BCUT2D eigenvalue weighted by Gasteiger charge is 2.47. The largest absolute Gasteiger partial charge is 0.375 e. The van der Waals surface area contributed by atoms with Gasteiger partial charge in [0.1, 0.15) is 0 Å². The first kappa shape index (κ1) is 13.1. The highest BCUT2D eigenvalue weighted by atomic mass is 16.5. The number of hydrogen-bond donors (Lipinski definition) is 1. The van der Waals surface area contributed by atoms with Gasteiger partial charge in [0.15, 0.2) is 0 Å². The van der Waals surface area contributed by atoms with Crippen molar-refractivity contribution in [3.8, 4) is 0 Å². The number of nitrogens with two attached hydrogens (primary N) is 1. The first-order valence-electron chi connectivity index (χ1n) is 7.67. The number of hydrogen-bond acceptors (Lipinski definition) is 2. The lowest BCUT2D eigenvalue weighted by molar-refractivity contribution is -0.153. The highest BCUT2D eigenvalue weighted by molar-refractivity contribution is 5.25. The summed E-state index contributed by atoms with van der Waals surface area (Å²) < 4.78 is 6.05. The monoisotopic (exact) mass is 259 g/mol. The fourth-order valence-electron chi connectivity index (χ4n) is 3.86. The molecule has 2 heteroatoms. The van der Waals surface area contributed by atoms with E-state index in [-0.39, 0.29) is 11.1 Å². The Morgan fingerprint density at radius 2 is 2.05 bits per heavy atom. The number of benzene rings is 1. The molecular formula is C17H25NO. The van der Waals surface area contributed by atoms with Crippen molar-refractivity contribution in [3.05, 3.63) is 35.9 Å². The zero-order chi connectivity index (χ0) is 13.3. The SMILES string of the molecule is CCC(N)(c1ccccc1)C1CCOC2(CCC2)C1. The molecule has 2 unspecified atom stereocenters. The number of rotatable bonds is 3. The van der Waals surface area contributed by atoms with Gasteiger partial charge in [0.25, 0.3) is 0 Å². The van der Waals surface area contributed by atoms with Crippen molar-refractivity contribution >= 4 is 0 Å². The molecule has 1 heterocycles. The van der Waals surface area contributed by atoms with E-state index in [1.165, 1.54) is 24.8 Å². The van der Waals surface area contributed by atoms with Crippen molar-refractivity contribution in [3.63, 3.8) is 0 Å². The van der Waals surface area contributed by atoms with Gasteiger partial charge in [-0.25, -0.2) is 0 Å². The average molecular weight is 259 g/mol. The van der Waals surface area contributed by atoms with Crippen molar-refractivity contribution in [1.82, 2.24) is 0 Å². The normalized spacial score (nSPS) is 28.6. The molecular weight excluding hydrogens is 234 g/mol. The molecule has 1 aliphatic heterocycles. The minimum atomic E-state index is -0.187. The van der Waals surface area contributed by atoms with E-state index in [0.717, 1.165) is 25.9 Å². The smallest absolute Gasteiger partial charge is 0.0686 e. The predicted molar refractivity (Wildman–Crippen MR) is 77.9 cm³/mol. The summed E-state index contributed by atoms with van der Waals surface area (Å²) in [5, 5.41) is 0. The molecule has 2 nitrogen and oxygen atoms in total. The molecule has 1 aromatic rings. The fraction of sp³-hybridized carbons (Fsp3) is 0.647. The third-order valence-corrected chi connectivity index (χ3v) is 5.38. The van der Waals surface area contributed by atoms with Gasteiger partial charge >= 0.3 is 0 Å². The molecule has 19 heavy (non-hydrogen) atoms. The van der Waals surface area contributed by atoms with Gasteiger partial charge in [-0.1, -0.05) is 37.3 Å². The maximum Gasteiger partial charge on any atom is 0.0686 e. The standard InChI is InChI=1S/C17H25NO/c1-2-17(18,14-7-4-3-5-8-14)15-9-12-19-16(13-15)10-6-11-16/h3-5,7-8,15H,2,6,9-13,18H2,1H3. The van der Waals surface area contributed by atoms with E-state index in [4.69, 9.17) is 10.5 Å². The Kier molecular flexibility index (Phi) is 3.40. The minimum absolute atomic E-state index is 0.178. The van der Waals surface area contributed by atoms with Gasteiger partial charge in [-0.2, -0.15) is 0 Å². The van der Waals surface area contributed by atoms with Gasteiger partial charge in [-0.15, -0.1) is 0 Å². The molecule has 0 amide bonds. The topological polar surface area (TPSA) is 35.2 Å². The molecule has 1 aromatic carbocycles. The van der Waals surface area contributed by atoms with Crippen molar-refractivity contribution in [2.24, 2.45) is 11.7 Å². The third kappa shape index (κ3) is 2.21. The molecule has 1 spiro atoms. The van der Waals surface area contributed by atoms with E-state index >= 15 is 0 Å². The molecule has 104 valence electrons. The Labute approximate surface area is 116 Å². The van der Waals surface area contributed by atoms with Crippen molar-refractivity contribution < 1.29 is 4.74 Å². The van der Waals surface area contributed by atoms with Gasteiger partial charge in [-0.3, -0.25) is 0 Å². The molecule has 0 bridgehead atoms. The lowest BCUT2D eigenvalue weighted by atomic mass is 9.64. The molecule has 2 aliphatic rings. The van der Waals surface area contributed by atoms with Crippen LogP contribution >= 0.6 is 0 Å². The van der Waals surface area contributed by atoms with Gasteiger partial charge < -0.3 is 10.5 Å². The zero-order valence-electron chi connectivity index (χ0n) is 11.9. The molecule has 2 fully saturated rings. The predicted octanol–water partition coefficient (Wildman–Crippen LogP) is 3.60. The van der Waals surface area contributed by atoms with Crippen LogP contribution in [0.25, 0.3) is 0 Å². The van der Waals surface area contributed by atoms with Gasteiger partial charge in [-0.05, 0) is 50.0 Å². The van der Waals surface area contributed by atoms with Crippen LogP contribution in [0.1, 0.15) is 51.0 Å². The summed E-state index contributed by atoms with van der Waals surface area (Å²) in [6, 6.07) is 10.6. The summed E-state index contributed by atoms with van der Waals surface area (Å²) in [5.41, 5.74) is 8.12. The van der Waals surface area contributed by atoms with Crippen molar-refractivity contribution in [1.29, 1.82) is 0 Å². The third-order valence-electron chi connectivity index (χ3n) is 5.38. The average Bonchev–Trinajstić information content (AvgIpc) is 2.46.